The molecule has 2 aliphatic heterocycles. The van der Waals surface area contributed by atoms with E-state index in [-0.39, 0.29) is 18.1 Å². The number of carbonyl (C=O) groups excluding carboxylic acids is 1. The van der Waals surface area contributed by atoms with Gasteiger partial charge in [-0.05, 0) is 38.0 Å². The molecule has 2 aromatic rings. The van der Waals surface area contributed by atoms with Crippen LogP contribution in [-0.2, 0) is 6.42 Å². The summed E-state index contributed by atoms with van der Waals surface area (Å²) < 4.78 is 0. The first-order valence-corrected chi connectivity index (χ1v) is 8.65. The Kier molecular flexibility index (Phi) is 3.85. The number of hydrogen-bond acceptors (Lipinski definition) is 3. The Labute approximate surface area is 150 Å². The van der Waals surface area contributed by atoms with Crippen molar-refractivity contribution in [2.75, 3.05) is 5.32 Å². The molecule has 2 aliphatic rings. The molecule has 5 nitrogen and oxygen atoms in total. The third-order valence-corrected chi connectivity index (χ3v) is 5.46. The molecule has 1 saturated heterocycles. The summed E-state index contributed by atoms with van der Waals surface area (Å²) in [6.45, 7) is 1.89. The topological polar surface area (TPSA) is 58.1 Å². The molecule has 3 heterocycles. The van der Waals surface area contributed by atoms with Gasteiger partial charge in [0.1, 0.15) is 5.82 Å². The summed E-state index contributed by atoms with van der Waals surface area (Å²) in [4.78, 5) is 23.6. The molecule has 1 aromatic heterocycles. The summed E-state index contributed by atoms with van der Waals surface area (Å²) in [6, 6.07) is 5.19. The highest BCUT2D eigenvalue weighted by atomic mass is 35.5. The lowest BCUT2D eigenvalue weighted by atomic mass is 9.99. The Bertz CT molecular complexity index is 826. The molecule has 1 fully saturated rings. The molecule has 0 radical (unpaired) electrons. The van der Waals surface area contributed by atoms with Gasteiger partial charge in [0.2, 0.25) is 0 Å². The van der Waals surface area contributed by atoms with Gasteiger partial charge in [0, 0.05) is 29.9 Å². The molecule has 2 unspecified atom stereocenters. The normalized spacial score (nSPS) is 21.5. The minimum Gasteiger partial charge on any atom is -0.314 e. The van der Waals surface area contributed by atoms with Gasteiger partial charge < -0.3 is 10.2 Å². The molecule has 24 heavy (non-hydrogen) atoms. The molecule has 4 rings (SSSR count). The third kappa shape index (κ3) is 2.62. The average molecular weight is 363 g/mol. The highest BCUT2D eigenvalue weighted by Crippen LogP contribution is 2.43. The number of aromatic nitrogens is 2. The number of aryl methyl sites for hydroxylation is 1. The zero-order valence-electron chi connectivity index (χ0n) is 13.1. The summed E-state index contributed by atoms with van der Waals surface area (Å²) in [5, 5.41) is 3.81. The van der Waals surface area contributed by atoms with Crippen molar-refractivity contribution in [2.24, 2.45) is 0 Å². The fourth-order valence-corrected chi connectivity index (χ4v) is 3.95. The molecule has 0 aliphatic carbocycles. The second-order valence-corrected chi connectivity index (χ2v) is 7.05. The maximum Gasteiger partial charge on any atom is 0.322 e. The number of carbonyl (C=O) groups is 1. The first kappa shape index (κ1) is 15.7. The Balaban J connectivity index is 1.59. The zero-order valence-corrected chi connectivity index (χ0v) is 14.6. The lowest BCUT2D eigenvalue weighted by Crippen LogP contribution is -2.44. The molecular weight excluding hydrogens is 347 g/mol. The van der Waals surface area contributed by atoms with Crippen molar-refractivity contribution < 1.29 is 4.79 Å². The van der Waals surface area contributed by atoms with Crippen LogP contribution in [0.4, 0.5) is 10.5 Å². The maximum absolute atomic E-state index is 12.8. The van der Waals surface area contributed by atoms with Crippen molar-refractivity contribution >= 4 is 34.9 Å². The van der Waals surface area contributed by atoms with Crippen LogP contribution in [0.1, 0.15) is 36.0 Å². The Morgan fingerprint density at radius 3 is 2.92 bits per heavy atom. The molecule has 0 spiro atoms. The highest BCUT2D eigenvalue weighted by molar-refractivity contribution is 6.42. The van der Waals surface area contributed by atoms with E-state index in [0.717, 1.165) is 36.3 Å². The van der Waals surface area contributed by atoms with Gasteiger partial charge in [0.05, 0.1) is 21.8 Å². The molecule has 7 heteroatoms. The standard InChI is InChI=1S/C17H16Cl2N4O/c1-9-20-8-12-15(21-9)7-11-3-5-16(12)23(11)17(24)22-10-2-4-13(18)14(19)6-10/h2,4,6,8,11,16H,3,5,7H2,1H3,(H,22,24). The second-order valence-electron chi connectivity index (χ2n) is 6.24. The molecule has 2 amide bonds. The second kappa shape index (κ2) is 5.90. The first-order chi connectivity index (χ1) is 11.5. The lowest BCUT2D eigenvalue weighted by molar-refractivity contribution is 0.178. The van der Waals surface area contributed by atoms with Crippen molar-refractivity contribution in [2.45, 2.75) is 38.3 Å². The van der Waals surface area contributed by atoms with Gasteiger partial charge in [0.15, 0.2) is 0 Å². The van der Waals surface area contributed by atoms with Gasteiger partial charge in [0.25, 0.3) is 0 Å². The maximum atomic E-state index is 12.8. The minimum absolute atomic E-state index is 0.0436. The van der Waals surface area contributed by atoms with Crippen LogP contribution in [0.5, 0.6) is 0 Å². The molecule has 1 aromatic carbocycles. The highest BCUT2D eigenvalue weighted by Gasteiger charge is 2.43. The van der Waals surface area contributed by atoms with Gasteiger partial charge in [-0.3, -0.25) is 0 Å². The van der Waals surface area contributed by atoms with Crippen molar-refractivity contribution in [1.29, 1.82) is 0 Å². The molecular formula is C17H16Cl2N4O. The van der Waals surface area contributed by atoms with Gasteiger partial charge in [-0.1, -0.05) is 23.2 Å². The van der Waals surface area contributed by atoms with Crippen molar-refractivity contribution in [1.82, 2.24) is 14.9 Å². The van der Waals surface area contributed by atoms with E-state index in [2.05, 4.69) is 15.3 Å². The number of hydrogen-bond donors (Lipinski definition) is 1. The fourth-order valence-electron chi connectivity index (χ4n) is 3.65. The van der Waals surface area contributed by atoms with E-state index in [1.54, 1.807) is 18.2 Å². The summed E-state index contributed by atoms with van der Waals surface area (Å²) >= 11 is 11.9. The van der Waals surface area contributed by atoms with Gasteiger partial charge in [-0.25, -0.2) is 14.8 Å². The number of amides is 2. The summed E-state index contributed by atoms with van der Waals surface area (Å²) in [5.74, 6) is 0.779. The number of urea groups is 1. The number of nitrogens with zero attached hydrogens (tertiary/aromatic N) is 3. The van der Waals surface area contributed by atoms with E-state index in [1.807, 2.05) is 18.0 Å². The van der Waals surface area contributed by atoms with Crippen molar-refractivity contribution in [3.05, 3.63) is 51.5 Å². The smallest absolute Gasteiger partial charge is 0.314 e. The van der Waals surface area contributed by atoms with Crippen LogP contribution in [-0.4, -0.2) is 26.9 Å². The van der Waals surface area contributed by atoms with Crippen molar-refractivity contribution in [3.8, 4) is 0 Å². The summed E-state index contributed by atoms with van der Waals surface area (Å²) in [7, 11) is 0. The quantitative estimate of drug-likeness (QED) is 0.818. The van der Waals surface area contributed by atoms with Crippen LogP contribution >= 0.6 is 23.2 Å². The molecule has 2 bridgehead atoms. The summed E-state index contributed by atoms with van der Waals surface area (Å²) in [5.41, 5.74) is 2.78. The van der Waals surface area contributed by atoms with E-state index in [1.165, 1.54) is 0 Å². The van der Waals surface area contributed by atoms with Crippen LogP contribution in [0, 0.1) is 6.92 Å². The number of fused-ring (bicyclic) bond motifs is 4. The zero-order chi connectivity index (χ0) is 16.8. The van der Waals surface area contributed by atoms with Crippen LogP contribution in [0.2, 0.25) is 10.0 Å². The predicted molar refractivity (Wildman–Crippen MR) is 93.6 cm³/mol. The Morgan fingerprint density at radius 1 is 1.29 bits per heavy atom. The van der Waals surface area contributed by atoms with Crippen LogP contribution in [0.15, 0.2) is 24.4 Å². The number of anilines is 1. The van der Waals surface area contributed by atoms with Gasteiger partial charge in [-0.2, -0.15) is 0 Å². The average Bonchev–Trinajstić information content (AvgIpc) is 2.86. The van der Waals surface area contributed by atoms with Gasteiger partial charge in [-0.15, -0.1) is 0 Å². The van der Waals surface area contributed by atoms with E-state index in [0.29, 0.717) is 15.7 Å². The predicted octanol–water partition coefficient (Wildman–Crippen LogP) is 4.39. The Morgan fingerprint density at radius 2 is 2.12 bits per heavy atom. The van der Waals surface area contributed by atoms with Crippen molar-refractivity contribution in [3.63, 3.8) is 0 Å². The van der Waals surface area contributed by atoms with E-state index in [4.69, 9.17) is 23.2 Å². The number of nitrogens with one attached hydrogen (secondary N) is 1. The molecule has 2 atom stereocenters. The Hall–Kier alpha value is -1.85. The number of rotatable bonds is 1. The van der Waals surface area contributed by atoms with Gasteiger partial charge >= 0.3 is 6.03 Å². The first-order valence-electron chi connectivity index (χ1n) is 7.89. The third-order valence-electron chi connectivity index (χ3n) is 4.72. The SMILES string of the molecule is Cc1ncc2c(n1)CC1CCC2N1C(=O)Nc1ccc(Cl)c(Cl)c1. The van der Waals surface area contributed by atoms with E-state index in [9.17, 15) is 4.79 Å². The van der Waals surface area contributed by atoms with Crippen LogP contribution < -0.4 is 5.32 Å². The lowest BCUT2D eigenvalue weighted by Gasteiger charge is -2.35. The molecule has 1 N–H and O–H groups in total. The minimum atomic E-state index is -0.118. The summed E-state index contributed by atoms with van der Waals surface area (Å²) in [6.07, 6.45) is 4.57. The molecule has 0 saturated carbocycles. The largest absolute Gasteiger partial charge is 0.322 e. The van der Waals surface area contributed by atoms with Crippen LogP contribution in [0.25, 0.3) is 0 Å². The van der Waals surface area contributed by atoms with Crippen LogP contribution in [0.3, 0.4) is 0 Å². The number of benzene rings is 1. The number of halogens is 2. The molecule has 124 valence electrons. The van der Waals surface area contributed by atoms with E-state index >= 15 is 0 Å². The van der Waals surface area contributed by atoms with E-state index < -0.39 is 0 Å². The fraction of sp³-hybridized carbons (Fsp3) is 0.353. The monoisotopic (exact) mass is 362 g/mol.